The molecule has 0 fully saturated rings. The Morgan fingerprint density at radius 3 is 2.94 bits per heavy atom. The van der Waals surface area contributed by atoms with E-state index in [1.54, 1.807) is 0 Å². The van der Waals surface area contributed by atoms with E-state index in [1.165, 1.54) is 5.69 Å². The van der Waals surface area contributed by atoms with Crippen LogP contribution in [0.4, 0.5) is 0 Å². The molecule has 0 aliphatic carbocycles. The molecule has 2 aromatic rings. The minimum Gasteiger partial charge on any atom is -0.333 e. The summed E-state index contributed by atoms with van der Waals surface area (Å²) in [6.45, 7) is 7.92. The van der Waals surface area contributed by atoms with Crippen LogP contribution >= 0.6 is 0 Å². The van der Waals surface area contributed by atoms with Crippen LogP contribution < -0.4 is 5.32 Å². The third kappa shape index (κ3) is 2.98. The molecule has 0 amide bonds. The Kier molecular flexibility index (Phi) is 4.52. The van der Waals surface area contributed by atoms with Crippen molar-refractivity contribution in [3.05, 3.63) is 36.4 Å². The summed E-state index contributed by atoms with van der Waals surface area (Å²) in [5.74, 6) is 1.08. The summed E-state index contributed by atoms with van der Waals surface area (Å²) in [5, 5.41) is 3.38. The first kappa shape index (κ1) is 12.8. The predicted octanol–water partition coefficient (Wildman–Crippen LogP) is 1.65. The molecule has 5 heteroatoms. The van der Waals surface area contributed by atoms with Gasteiger partial charge in [-0.3, -0.25) is 0 Å². The molecule has 2 rings (SSSR count). The molecule has 0 spiro atoms. The Labute approximate surface area is 108 Å². The number of nitrogens with zero attached hydrogens (tertiary/aromatic N) is 4. The maximum Gasteiger partial charge on any atom is 0.123 e. The lowest BCUT2D eigenvalue weighted by atomic mass is 10.4. The van der Waals surface area contributed by atoms with Crippen molar-refractivity contribution in [2.75, 3.05) is 6.54 Å². The fraction of sp³-hybridized carbons (Fsp3) is 0.538. The van der Waals surface area contributed by atoms with Crippen molar-refractivity contribution >= 4 is 0 Å². The van der Waals surface area contributed by atoms with Crippen LogP contribution in [-0.4, -0.2) is 25.6 Å². The van der Waals surface area contributed by atoms with Gasteiger partial charge in [0.1, 0.15) is 5.82 Å². The van der Waals surface area contributed by atoms with Crippen molar-refractivity contribution < 1.29 is 0 Å². The van der Waals surface area contributed by atoms with Gasteiger partial charge in [0, 0.05) is 25.1 Å². The van der Waals surface area contributed by atoms with Crippen LogP contribution in [0.1, 0.15) is 31.8 Å². The molecular weight excluding hydrogens is 226 g/mol. The molecule has 0 aliphatic heterocycles. The zero-order valence-electron chi connectivity index (χ0n) is 11.1. The van der Waals surface area contributed by atoms with Gasteiger partial charge in [-0.05, 0) is 19.9 Å². The SMILES string of the molecule is CCCNCc1nccn1Cc1cncn1CC. The Hall–Kier alpha value is -1.62. The summed E-state index contributed by atoms with van der Waals surface area (Å²) in [6, 6.07) is 0. The van der Waals surface area contributed by atoms with Gasteiger partial charge in [-0.15, -0.1) is 0 Å². The van der Waals surface area contributed by atoms with Crippen LogP contribution in [0.2, 0.25) is 0 Å². The number of rotatable bonds is 7. The number of imidazole rings is 2. The summed E-state index contributed by atoms with van der Waals surface area (Å²) in [4.78, 5) is 8.59. The molecular formula is C13H21N5. The fourth-order valence-electron chi connectivity index (χ4n) is 1.97. The van der Waals surface area contributed by atoms with Gasteiger partial charge < -0.3 is 14.5 Å². The molecule has 0 saturated heterocycles. The van der Waals surface area contributed by atoms with Crippen molar-refractivity contribution in [3.63, 3.8) is 0 Å². The molecule has 18 heavy (non-hydrogen) atoms. The van der Waals surface area contributed by atoms with Crippen LogP contribution in [0.25, 0.3) is 0 Å². The van der Waals surface area contributed by atoms with Crippen LogP contribution in [0.15, 0.2) is 24.9 Å². The van der Waals surface area contributed by atoms with Gasteiger partial charge in [0.2, 0.25) is 0 Å². The van der Waals surface area contributed by atoms with Crippen molar-refractivity contribution in [2.45, 2.75) is 39.9 Å². The average molecular weight is 247 g/mol. The molecule has 0 radical (unpaired) electrons. The van der Waals surface area contributed by atoms with E-state index < -0.39 is 0 Å². The molecule has 0 unspecified atom stereocenters. The van der Waals surface area contributed by atoms with Gasteiger partial charge in [0.25, 0.3) is 0 Å². The summed E-state index contributed by atoms with van der Waals surface area (Å²) in [7, 11) is 0. The minimum atomic E-state index is 0.821. The van der Waals surface area contributed by atoms with Gasteiger partial charge in [-0.1, -0.05) is 6.92 Å². The number of aryl methyl sites for hydroxylation is 1. The minimum absolute atomic E-state index is 0.821. The first-order valence-electron chi connectivity index (χ1n) is 6.54. The van der Waals surface area contributed by atoms with E-state index in [-0.39, 0.29) is 0 Å². The summed E-state index contributed by atoms with van der Waals surface area (Å²) in [5.41, 5.74) is 1.22. The number of nitrogens with one attached hydrogen (secondary N) is 1. The van der Waals surface area contributed by atoms with Crippen molar-refractivity contribution in [1.82, 2.24) is 24.4 Å². The quantitative estimate of drug-likeness (QED) is 0.757. The maximum absolute atomic E-state index is 4.39. The third-order valence-corrected chi connectivity index (χ3v) is 2.98. The van der Waals surface area contributed by atoms with Crippen molar-refractivity contribution in [3.8, 4) is 0 Å². The molecule has 0 aliphatic rings. The van der Waals surface area contributed by atoms with E-state index >= 15 is 0 Å². The van der Waals surface area contributed by atoms with Gasteiger partial charge in [-0.2, -0.15) is 0 Å². The van der Waals surface area contributed by atoms with Gasteiger partial charge in [-0.25, -0.2) is 9.97 Å². The molecule has 0 aromatic carbocycles. The van der Waals surface area contributed by atoms with Crippen LogP contribution in [0, 0.1) is 0 Å². The normalized spacial score (nSPS) is 11.0. The van der Waals surface area contributed by atoms with Gasteiger partial charge >= 0.3 is 0 Å². The van der Waals surface area contributed by atoms with E-state index in [2.05, 4.69) is 38.3 Å². The van der Waals surface area contributed by atoms with Gasteiger partial charge in [0.05, 0.1) is 25.1 Å². The first-order chi connectivity index (χ1) is 8.85. The highest BCUT2D eigenvalue weighted by atomic mass is 15.1. The Morgan fingerprint density at radius 2 is 2.17 bits per heavy atom. The van der Waals surface area contributed by atoms with E-state index in [0.29, 0.717) is 0 Å². The Bertz CT molecular complexity index is 471. The van der Waals surface area contributed by atoms with Crippen LogP contribution in [-0.2, 0) is 19.6 Å². The summed E-state index contributed by atoms with van der Waals surface area (Å²) < 4.78 is 4.33. The molecule has 0 atom stereocenters. The number of hydrogen-bond donors (Lipinski definition) is 1. The summed E-state index contributed by atoms with van der Waals surface area (Å²) >= 11 is 0. The molecule has 1 N–H and O–H groups in total. The van der Waals surface area contributed by atoms with E-state index in [4.69, 9.17) is 0 Å². The van der Waals surface area contributed by atoms with E-state index in [1.807, 2.05) is 24.9 Å². The topological polar surface area (TPSA) is 47.7 Å². The molecule has 98 valence electrons. The summed E-state index contributed by atoms with van der Waals surface area (Å²) in [6.07, 6.45) is 8.82. The third-order valence-electron chi connectivity index (χ3n) is 2.98. The second kappa shape index (κ2) is 6.35. The maximum atomic E-state index is 4.39. The monoisotopic (exact) mass is 247 g/mol. The second-order valence-electron chi connectivity index (χ2n) is 4.32. The highest BCUT2D eigenvalue weighted by Crippen LogP contribution is 2.05. The smallest absolute Gasteiger partial charge is 0.123 e. The lowest BCUT2D eigenvalue weighted by Crippen LogP contribution is -2.18. The van der Waals surface area contributed by atoms with Crippen molar-refractivity contribution in [2.24, 2.45) is 0 Å². The number of aromatic nitrogens is 4. The number of hydrogen-bond acceptors (Lipinski definition) is 3. The lowest BCUT2D eigenvalue weighted by Gasteiger charge is -2.10. The van der Waals surface area contributed by atoms with Crippen LogP contribution in [0.3, 0.4) is 0 Å². The molecule has 0 bridgehead atoms. The first-order valence-corrected chi connectivity index (χ1v) is 6.54. The zero-order chi connectivity index (χ0) is 12.8. The second-order valence-corrected chi connectivity index (χ2v) is 4.32. The van der Waals surface area contributed by atoms with Crippen molar-refractivity contribution in [1.29, 1.82) is 0 Å². The average Bonchev–Trinajstić information content (AvgIpc) is 3.00. The molecule has 0 saturated carbocycles. The standard InChI is InChI=1S/C13H21N5/c1-3-5-14-9-13-16-6-7-18(13)10-12-8-15-11-17(12)4-2/h6-8,11,14H,3-5,9-10H2,1-2H3. The van der Waals surface area contributed by atoms with E-state index in [9.17, 15) is 0 Å². The molecule has 5 nitrogen and oxygen atoms in total. The zero-order valence-corrected chi connectivity index (χ0v) is 11.1. The van der Waals surface area contributed by atoms with Crippen LogP contribution in [0.5, 0.6) is 0 Å². The Balaban J connectivity index is 2.03. The largest absolute Gasteiger partial charge is 0.333 e. The van der Waals surface area contributed by atoms with Gasteiger partial charge in [0.15, 0.2) is 0 Å². The lowest BCUT2D eigenvalue weighted by molar-refractivity contribution is 0.598. The highest BCUT2D eigenvalue weighted by molar-refractivity contribution is 5.03. The highest BCUT2D eigenvalue weighted by Gasteiger charge is 2.06. The Morgan fingerprint density at radius 1 is 1.28 bits per heavy atom. The molecule has 2 aromatic heterocycles. The molecule has 2 heterocycles. The van der Waals surface area contributed by atoms with E-state index in [0.717, 1.165) is 38.4 Å². The predicted molar refractivity (Wildman–Crippen MR) is 71.2 cm³/mol. The fourth-order valence-corrected chi connectivity index (χ4v) is 1.97.